The summed E-state index contributed by atoms with van der Waals surface area (Å²) in [6.45, 7) is 3.21. The number of unbranched alkanes of at least 4 members (excludes halogenated alkanes) is 3. The topological polar surface area (TPSA) is 59.6 Å². The molecule has 0 radical (unpaired) electrons. The van der Waals surface area contributed by atoms with Crippen molar-refractivity contribution in [1.29, 1.82) is 0 Å². The van der Waals surface area contributed by atoms with Crippen LogP contribution in [0.25, 0.3) is 0 Å². The lowest BCUT2D eigenvalue weighted by Gasteiger charge is -2.14. The Morgan fingerprint density at radius 1 is 0.941 bits per heavy atom. The number of benzene rings is 3. The van der Waals surface area contributed by atoms with Gasteiger partial charge in [0.1, 0.15) is 18.1 Å². The molecule has 0 saturated carbocycles. The Kier molecular flexibility index (Phi) is 10.4. The first-order valence-corrected chi connectivity index (χ1v) is 12.6. The van der Waals surface area contributed by atoms with Gasteiger partial charge in [-0.25, -0.2) is 0 Å². The van der Waals surface area contributed by atoms with Gasteiger partial charge in [0.05, 0.1) is 12.2 Å². The standard InChI is InChI=1S/C27H29BrN2O3S/c1-2-3-4-8-16-32-25-15-14-21(28)17-24(25)26(31)30-27(34)29-22-12-9-13-23(18-22)33-19-20-10-6-5-7-11-20/h5-7,9-15,17-18H,2-4,8,16,19H2,1H3,(H2,29,30,31,34). The van der Waals surface area contributed by atoms with Crippen LogP contribution in [0.3, 0.4) is 0 Å². The second kappa shape index (κ2) is 13.7. The van der Waals surface area contributed by atoms with Gasteiger partial charge in [0.25, 0.3) is 5.91 Å². The van der Waals surface area contributed by atoms with Crippen molar-refractivity contribution in [3.05, 3.63) is 88.4 Å². The van der Waals surface area contributed by atoms with E-state index in [1.807, 2.05) is 60.7 Å². The number of amides is 1. The van der Waals surface area contributed by atoms with Crippen molar-refractivity contribution in [2.75, 3.05) is 11.9 Å². The molecule has 178 valence electrons. The van der Waals surface area contributed by atoms with Gasteiger partial charge in [-0.2, -0.15) is 0 Å². The summed E-state index contributed by atoms with van der Waals surface area (Å²) in [6, 6.07) is 22.8. The molecule has 2 N–H and O–H groups in total. The summed E-state index contributed by atoms with van der Waals surface area (Å²) in [5.41, 5.74) is 2.23. The van der Waals surface area contributed by atoms with Crippen molar-refractivity contribution in [3.8, 4) is 11.5 Å². The van der Waals surface area contributed by atoms with Gasteiger partial charge >= 0.3 is 0 Å². The van der Waals surface area contributed by atoms with Gasteiger partial charge in [0.2, 0.25) is 0 Å². The van der Waals surface area contributed by atoms with Gasteiger partial charge in [-0.05, 0) is 54.5 Å². The molecule has 0 aliphatic heterocycles. The van der Waals surface area contributed by atoms with Crippen LogP contribution in [0.1, 0.15) is 48.5 Å². The zero-order valence-electron chi connectivity index (χ0n) is 19.2. The van der Waals surface area contributed by atoms with Crippen LogP contribution < -0.4 is 20.1 Å². The van der Waals surface area contributed by atoms with Crippen molar-refractivity contribution in [2.24, 2.45) is 0 Å². The van der Waals surface area contributed by atoms with Gasteiger partial charge < -0.3 is 14.8 Å². The van der Waals surface area contributed by atoms with Crippen LogP contribution in [0.5, 0.6) is 11.5 Å². The van der Waals surface area contributed by atoms with E-state index in [0.717, 1.165) is 28.6 Å². The second-order valence-electron chi connectivity index (χ2n) is 7.76. The minimum absolute atomic E-state index is 0.194. The minimum Gasteiger partial charge on any atom is -0.493 e. The zero-order valence-corrected chi connectivity index (χ0v) is 21.6. The fourth-order valence-corrected chi connectivity index (χ4v) is 3.83. The SMILES string of the molecule is CCCCCCOc1ccc(Br)cc1C(=O)NC(=S)Nc1cccc(OCc2ccccc2)c1. The average molecular weight is 542 g/mol. The Morgan fingerprint density at radius 3 is 2.56 bits per heavy atom. The molecule has 0 aliphatic carbocycles. The van der Waals surface area contributed by atoms with E-state index in [2.05, 4.69) is 33.5 Å². The van der Waals surface area contributed by atoms with Gasteiger partial charge in [0, 0.05) is 16.2 Å². The first-order chi connectivity index (χ1) is 16.5. The highest BCUT2D eigenvalue weighted by atomic mass is 79.9. The molecular formula is C27H29BrN2O3S. The molecule has 7 heteroatoms. The fourth-order valence-electron chi connectivity index (χ4n) is 3.25. The van der Waals surface area contributed by atoms with Crippen molar-refractivity contribution < 1.29 is 14.3 Å². The summed E-state index contributed by atoms with van der Waals surface area (Å²) in [7, 11) is 0. The molecule has 0 saturated heterocycles. The number of halogens is 1. The Hall–Kier alpha value is -2.90. The summed E-state index contributed by atoms with van der Waals surface area (Å²) in [6.07, 6.45) is 4.40. The molecule has 0 bridgehead atoms. The molecule has 3 rings (SSSR count). The molecule has 3 aromatic carbocycles. The summed E-state index contributed by atoms with van der Waals surface area (Å²) in [5.74, 6) is 0.906. The van der Waals surface area contributed by atoms with Crippen LogP contribution in [0.15, 0.2) is 77.3 Å². The molecule has 0 aromatic heterocycles. The highest BCUT2D eigenvalue weighted by Crippen LogP contribution is 2.24. The molecule has 0 fully saturated rings. The lowest BCUT2D eigenvalue weighted by molar-refractivity contribution is 0.0973. The molecule has 3 aromatic rings. The summed E-state index contributed by atoms with van der Waals surface area (Å²) >= 11 is 8.80. The van der Waals surface area contributed by atoms with Crippen molar-refractivity contribution in [2.45, 2.75) is 39.2 Å². The van der Waals surface area contributed by atoms with E-state index >= 15 is 0 Å². The lowest BCUT2D eigenvalue weighted by Crippen LogP contribution is -2.34. The number of hydrogen-bond donors (Lipinski definition) is 2. The van der Waals surface area contributed by atoms with E-state index in [1.54, 1.807) is 12.1 Å². The number of thiocarbonyl (C=S) groups is 1. The Balaban J connectivity index is 1.56. The van der Waals surface area contributed by atoms with Crippen molar-refractivity contribution in [3.63, 3.8) is 0 Å². The number of hydrogen-bond acceptors (Lipinski definition) is 4. The number of carbonyl (C=O) groups excluding carboxylic acids is 1. The predicted molar refractivity (Wildman–Crippen MR) is 145 cm³/mol. The van der Waals surface area contributed by atoms with E-state index in [4.69, 9.17) is 21.7 Å². The summed E-state index contributed by atoms with van der Waals surface area (Å²) in [4.78, 5) is 12.9. The number of carbonyl (C=O) groups is 1. The van der Waals surface area contributed by atoms with Gasteiger partial charge in [0.15, 0.2) is 5.11 Å². The smallest absolute Gasteiger partial charge is 0.261 e. The maximum Gasteiger partial charge on any atom is 0.261 e. The van der Waals surface area contributed by atoms with E-state index in [1.165, 1.54) is 12.8 Å². The first-order valence-electron chi connectivity index (χ1n) is 11.4. The van der Waals surface area contributed by atoms with Crippen LogP contribution in [-0.2, 0) is 6.61 Å². The molecule has 0 unspecified atom stereocenters. The molecule has 1 amide bonds. The number of nitrogens with one attached hydrogen (secondary N) is 2. The van der Waals surface area contributed by atoms with Crippen molar-refractivity contribution in [1.82, 2.24) is 5.32 Å². The largest absolute Gasteiger partial charge is 0.493 e. The van der Waals surface area contributed by atoms with E-state index in [0.29, 0.717) is 30.3 Å². The van der Waals surface area contributed by atoms with Crippen LogP contribution >= 0.6 is 28.1 Å². The highest BCUT2D eigenvalue weighted by molar-refractivity contribution is 9.10. The molecule has 5 nitrogen and oxygen atoms in total. The molecule has 0 aliphatic rings. The minimum atomic E-state index is -0.334. The Labute approximate surface area is 215 Å². The maximum atomic E-state index is 12.9. The third-order valence-corrected chi connectivity index (χ3v) is 5.71. The van der Waals surface area contributed by atoms with Crippen LogP contribution in [-0.4, -0.2) is 17.6 Å². The van der Waals surface area contributed by atoms with Crippen molar-refractivity contribution >= 4 is 44.9 Å². The highest BCUT2D eigenvalue weighted by Gasteiger charge is 2.15. The van der Waals surface area contributed by atoms with Crippen LogP contribution in [0.4, 0.5) is 5.69 Å². The molecule has 0 heterocycles. The lowest BCUT2D eigenvalue weighted by atomic mass is 10.2. The average Bonchev–Trinajstić information content (AvgIpc) is 2.84. The second-order valence-corrected chi connectivity index (χ2v) is 9.08. The normalized spacial score (nSPS) is 10.4. The maximum absolute atomic E-state index is 12.9. The molecular weight excluding hydrogens is 512 g/mol. The van der Waals surface area contributed by atoms with E-state index < -0.39 is 0 Å². The monoisotopic (exact) mass is 540 g/mol. The quantitative estimate of drug-likeness (QED) is 0.200. The molecule has 0 atom stereocenters. The summed E-state index contributed by atoms with van der Waals surface area (Å²) < 4.78 is 12.5. The zero-order chi connectivity index (χ0) is 24.2. The van der Waals surface area contributed by atoms with E-state index in [9.17, 15) is 4.79 Å². The number of ether oxygens (including phenoxy) is 2. The third kappa shape index (κ3) is 8.47. The summed E-state index contributed by atoms with van der Waals surface area (Å²) in [5, 5.41) is 5.98. The van der Waals surface area contributed by atoms with Gasteiger partial charge in [-0.15, -0.1) is 0 Å². The van der Waals surface area contributed by atoms with E-state index in [-0.39, 0.29) is 11.0 Å². The third-order valence-electron chi connectivity index (χ3n) is 5.01. The fraction of sp³-hybridized carbons (Fsp3) is 0.259. The first kappa shape index (κ1) is 25.7. The van der Waals surface area contributed by atoms with Gasteiger partial charge in [-0.3, -0.25) is 10.1 Å². The Bertz CT molecular complexity index is 1090. The van der Waals surface area contributed by atoms with Crippen LogP contribution in [0, 0.1) is 0 Å². The molecule has 0 spiro atoms. The number of anilines is 1. The molecule has 34 heavy (non-hydrogen) atoms. The Morgan fingerprint density at radius 2 is 1.76 bits per heavy atom. The van der Waals surface area contributed by atoms with Gasteiger partial charge in [-0.1, -0.05) is 78.5 Å². The number of rotatable bonds is 11. The predicted octanol–water partition coefficient (Wildman–Crippen LogP) is 7.11. The van der Waals surface area contributed by atoms with Crippen LogP contribution in [0.2, 0.25) is 0 Å².